The van der Waals surface area contributed by atoms with E-state index in [0.29, 0.717) is 22.7 Å². The Morgan fingerprint density at radius 1 is 1.08 bits per heavy atom. The van der Waals surface area contributed by atoms with Crippen LogP contribution in [0, 0.1) is 5.95 Å². The average molecular weight is 335 g/mol. The molecule has 25 heavy (non-hydrogen) atoms. The highest BCUT2D eigenvalue weighted by Gasteiger charge is 2.13. The van der Waals surface area contributed by atoms with Gasteiger partial charge in [-0.25, -0.2) is 9.97 Å². The lowest BCUT2D eigenvalue weighted by atomic mass is 10.0. The standard InChI is InChI=1S/C18H14FN5O/c19-15-5-1-4-13(23-15)17-12(3-2-8-21-17)11-6-7-16-22-9-14(18(20)25)24(16)10-11/h1-10,18,25H,20H2. The lowest BCUT2D eigenvalue weighted by Crippen LogP contribution is -2.11. The van der Waals surface area contributed by atoms with Crippen LogP contribution in [0.15, 0.2) is 61.1 Å². The first kappa shape index (κ1) is 15.4. The first-order valence-electron chi connectivity index (χ1n) is 7.62. The first-order valence-corrected chi connectivity index (χ1v) is 7.62. The molecule has 0 aliphatic rings. The van der Waals surface area contributed by atoms with Crippen LogP contribution in [0.1, 0.15) is 11.9 Å². The normalized spacial score (nSPS) is 12.4. The van der Waals surface area contributed by atoms with Gasteiger partial charge in [0.05, 0.1) is 23.3 Å². The highest BCUT2D eigenvalue weighted by Crippen LogP contribution is 2.29. The summed E-state index contributed by atoms with van der Waals surface area (Å²) in [4.78, 5) is 12.5. The van der Waals surface area contributed by atoms with Gasteiger partial charge in [0.2, 0.25) is 5.95 Å². The van der Waals surface area contributed by atoms with E-state index in [2.05, 4.69) is 15.0 Å². The molecule has 4 aromatic rings. The Bertz CT molecular complexity index is 1060. The smallest absolute Gasteiger partial charge is 0.213 e. The molecule has 4 rings (SSSR count). The van der Waals surface area contributed by atoms with Gasteiger partial charge in [0.15, 0.2) is 0 Å². The molecular formula is C18H14FN5O. The van der Waals surface area contributed by atoms with Crippen molar-refractivity contribution in [2.75, 3.05) is 0 Å². The number of aliphatic hydroxyl groups excluding tert-OH is 1. The van der Waals surface area contributed by atoms with Gasteiger partial charge in [-0.2, -0.15) is 4.39 Å². The summed E-state index contributed by atoms with van der Waals surface area (Å²) in [6.07, 6.45) is 3.84. The number of imidazole rings is 1. The Hall–Kier alpha value is -3.16. The summed E-state index contributed by atoms with van der Waals surface area (Å²) in [6.45, 7) is 0. The minimum Gasteiger partial charge on any atom is -0.373 e. The zero-order valence-corrected chi connectivity index (χ0v) is 13.0. The molecule has 0 aromatic carbocycles. The summed E-state index contributed by atoms with van der Waals surface area (Å²) < 4.78 is 15.2. The number of pyridine rings is 3. The molecule has 7 heteroatoms. The van der Waals surface area contributed by atoms with E-state index in [1.807, 2.05) is 24.4 Å². The van der Waals surface area contributed by atoms with E-state index in [1.165, 1.54) is 12.3 Å². The van der Waals surface area contributed by atoms with Crippen molar-refractivity contribution in [1.82, 2.24) is 19.4 Å². The summed E-state index contributed by atoms with van der Waals surface area (Å²) in [6, 6.07) is 12.0. The van der Waals surface area contributed by atoms with Crippen molar-refractivity contribution < 1.29 is 9.50 Å². The number of aliphatic hydroxyl groups is 1. The topological polar surface area (TPSA) is 89.3 Å². The number of rotatable bonds is 3. The SMILES string of the molecule is NC(O)c1cnc2ccc(-c3cccnc3-c3cccc(F)n3)cn12. The molecule has 124 valence electrons. The van der Waals surface area contributed by atoms with Crippen molar-refractivity contribution in [3.05, 3.63) is 72.7 Å². The molecule has 0 spiro atoms. The second-order valence-corrected chi connectivity index (χ2v) is 5.52. The van der Waals surface area contributed by atoms with Crippen LogP contribution < -0.4 is 5.73 Å². The molecule has 0 fully saturated rings. The molecule has 0 saturated heterocycles. The number of hydrogen-bond donors (Lipinski definition) is 2. The number of nitrogens with zero attached hydrogens (tertiary/aromatic N) is 4. The maximum atomic E-state index is 13.5. The quantitative estimate of drug-likeness (QED) is 0.444. The number of aromatic nitrogens is 4. The fraction of sp³-hybridized carbons (Fsp3) is 0.0556. The van der Waals surface area contributed by atoms with Crippen molar-refractivity contribution in [2.24, 2.45) is 5.73 Å². The van der Waals surface area contributed by atoms with E-state index < -0.39 is 12.2 Å². The largest absolute Gasteiger partial charge is 0.373 e. The highest BCUT2D eigenvalue weighted by molar-refractivity contribution is 5.79. The fourth-order valence-electron chi connectivity index (χ4n) is 2.76. The van der Waals surface area contributed by atoms with Crippen LogP contribution in [-0.4, -0.2) is 24.5 Å². The second-order valence-electron chi connectivity index (χ2n) is 5.52. The molecule has 6 nitrogen and oxygen atoms in total. The van der Waals surface area contributed by atoms with E-state index >= 15 is 0 Å². The molecule has 0 amide bonds. The van der Waals surface area contributed by atoms with E-state index in [-0.39, 0.29) is 0 Å². The van der Waals surface area contributed by atoms with Crippen LogP contribution in [-0.2, 0) is 0 Å². The van der Waals surface area contributed by atoms with E-state index in [0.717, 1.165) is 11.1 Å². The lowest BCUT2D eigenvalue weighted by Gasteiger charge is -2.10. The molecule has 1 atom stereocenters. The Labute approximate surface area is 142 Å². The van der Waals surface area contributed by atoms with Crippen molar-refractivity contribution in [2.45, 2.75) is 6.23 Å². The summed E-state index contributed by atoms with van der Waals surface area (Å²) in [5.74, 6) is -0.562. The highest BCUT2D eigenvalue weighted by atomic mass is 19.1. The number of fused-ring (bicyclic) bond motifs is 1. The van der Waals surface area contributed by atoms with Gasteiger partial charge in [-0.15, -0.1) is 0 Å². The van der Waals surface area contributed by atoms with Gasteiger partial charge in [0, 0.05) is 23.5 Å². The molecule has 0 aliphatic heterocycles. The van der Waals surface area contributed by atoms with Crippen LogP contribution in [0.3, 0.4) is 0 Å². The van der Waals surface area contributed by atoms with Gasteiger partial charge >= 0.3 is 0 Å². The van der Waals surface area contributed by atoms with E-state index in [9.17, 15) is 9.50 Å². The van der Waals surface area contributed by atoms with Crippen LogP contribution in [0.2, 0.25) is 0 Å². The molecule has 4 aromatic heterocycles. The summed E-state index contributed by atoms with van der Waals surface area (Å²) in [5, 5.41) is 9.69. The molecule has 3 N–H and O–H groups in total. The Morgan fingerprint density at radius 2 is 1.96 bits per heavy atom. The molecule has 0 bridgehead atoms. The summed E-state index contributed by atoms with van der Waals surface area (Å²) >= 11 is 0. The van der Waals surface area contributed by atoms with Crippen LogP contribution >= 0.6 is 0 Å². The maximum Gasteiger partial charge on any atom is 0.213 e. The van der Waals surface area contributed by atoms with Crippen LogP contribution in [0.4, 0.5) is 4.39 Å². The van der Waals surface area contributed by atoms with Gasteiger partial charge in [0.25, 0.3) is 0 Å². The predicted molar refractivity (Wildman–Crippen MR) is 90.8 cm³/mol. The third-order valence-electron chi connectivity index (χ3n) is 3.91. The molecular weight excluding hydrogens is 321 g/mol. The molecule has 0 saturated carbocycles. The van der Waals surface area contributed by atoms with Gasteiger partial charge < -0.3 is 10.8 Å². The van der Waals surface area contributed by atoms with Crippen molar-refractivity contribution in [1.29, 1.82) is 0 Å². The van der Waals surface area contributed by atoms with Crippen molar-refractivity contribution in [3.63, 3.8) is 0 Å². The van der Waals surface area contributed by atoms with Crippen molar-refractivity contribution in [3.8, 4) is 22.5 Å². The van der Waals surface area contributed by atoms with Gasteiger partial charge in [-0.05, 0) is 30.3 Å². The van der Waals surface area contributed by atoms with Crippen molar-refractivity contribution >= 4 is 5.65 Å². The zero-order valence-electron chi connectivity index (χ0n) is 13.0. The molecule has 0 radical (unpaired) electrons. The lowest BCUT2D eigenvalue weighted by molar-refractivity contribution is 0.180. The minimum atomic E-state index is -1.14. The monoisotopic (exact) mass is 335 g/mol. The summed E-state index contributed by atoms with van der Waals surface area (Å²) in [5.41, 5.74) is 9.34. The fourth-order valence-corrected chi connectivity index (χ4v) is 2.76. The summed E-state index contributed by atoms with van der Waals surface area (Å²) in [7, 11) is 0. The number of halogens is 1. The Morgan fingerprint density at radius 3 is 2.76 bits per heavy atom. The molecule has 0 aliphatic carbocycles. The zero-order chi connectivity index (χ0) is 17.4. The van der Waals surface area contributed by atoms with E-state index in [4.69, 9.17) is 5.73 Å². The van der Waals surface area contributed by atoms with Gasteiger partial charge in [0.1, 0.15) is 11.9 Å². The van der Waals surface area contributed by atoms with Gasteiger partial charge in [-0.3, -0.25) is 9.38 Å². The third-order valence-corrected chi connectivity index (χ3v) is 3.91. The van der Waals surface area contributed by atoms with Gasteiger partial charge in [-0.1, -0.05) is 12.1 Å². The second kappa shape index (κ2) is 6.04. The average Bonchev–Trinajstić information content (AvgIpc) is 3.05. The predicted octanol–water partition coefficient (Wildman–Crippen LogP) is 2.55. The Kier molecular flexibility index (Phi) is 3.72. The van der Waals surface area contributed by atoms with Crippen LogP contribution in [0.25, 0.3) is 28.2 Å². The Balaban J connectivity index is 1.91. The number of nitrogens with two attached hydrogens (primary N) is 1. The van der Waals surface area contributed by atoms with E-state index in [1.54, 1.807) is 28.8 Å². The minimum absolute atomic E-state index is 0.445. The molecule has 4 heterocycles. The number of hydrogen-bond acceptors (Lipinski definition) is 5. The maximum absolute atomic E-state index is 13.5. The third kappa shape index (κ3) is 2.75. The molecule has 1 unspecified atom stereocenters. The van der Waals surface area contributed by atoms with Crippen LogP contribution in [0.5, 0.6) is 0 Å². The first-order chi connectivity index (χ1) is 12.1.